The quantitative estimate of drug-likeness (QED) is 0.252. The highest BCUT2D eigenvalue weighted by Gasteiger charge is 2.27. The fourth-order valence-electron chi connectivity index (χ4n) is 2.37. The summed E-state index contributed by atoms with van der Waals surface area (Å²) in [6.07, 6.45) is 0.773. The third-order valence-corrected chi connectivity index (χ3v) is 4.16. The summed E-state index contributed by atoms with van der Waals surface area (Å²) in [5, 5.41) is 22.9. The van der Waals surface area contributed by atoms with Crippen LogP contribution in [0.3, 0.4) is 0 Å². The van der Waals surface area contributed by atoms with Crippen LogP contribution in [0.2, 0.25) is 0 Å². The van der Waals surface area contributed by atoms with Gasteiger partial charge in [0, 0.05) is 0 Å². The molecule has 156 valence electrons. The second kappa shape index (κ2) is 11.5. The van der Waals surface area contributed by atoms with Gasteiger partial charge in [-0.3, -0.25) is 9.59 Å². The van der Waals surface area contributed by atoms with Gasteiger partial charge in [-0.05, 0) is 31.1 Å². The molecule has 0 aliphatic rings. The van der Waals surface area contributed by atoms with Crippen molar-refractivity contribution in [1.82, 2.24) is 10.6 Å². The summed E-state index contributed by atoms with van der Waals surface area (Å²) in [5.74, 6) is -4.03. The number of nitrogens with two attached hydrogens (primary N) is 2. The van der Waals surface area contributed by atoms with Crippen LogP contribution in [0.1, 0.15) is 47.0 Å². The predicted octanol–water partition coefficient (Wildman–Crippen LogP) is -0.738. The molecule has 0 saturated carbocycles. The number of nitrogens with one attached hydrogen (secondary N) is 2. The average molecular weight is 388 g/mol. The van der Waals surface area contributed by atoms with E-state index >= 15 is 0 Å². The molecule has 0 heterocycles. The zero-order chi connectivity index (χ0) is 21.3. The van der Waals surface area contributed by atoms with Crippen molar-refractivity contribution < 1.29 is 29.4 Å². The number of aliphatic carboxylic acids is 2. The highest BCUT2D eigenvalue weighted by atomic mass is 16.4. The first-order valence-corrected chi connectivity index (χ1v) is 8.95. The molecule has 0 spiro atoms. The van der Waals surface area contributed by atoms with E-state index < -0.39 is 47.9 Å². The molecule has 10 heteroatoms. The summed E-state index contributed by atoms with van der Waals surface area (Å²) < 4.78 is 0. The van der Waals surface area contributed by atoms with Crippen molar-refractivity contribution >= 4 is 23.8 Å². The number of hydrogen-bond donors (Lipinski definition) is 6. The van der Waals surface area contributed by atoms with E-state index in [0.29, 0.717) is 6.42 Å². The second-order valence-corrected chi connectivity index (χ2v) is 7.28. The zero-order valence-electron chi connectivity index (χ0n) is 16.3. The van der Waals surface area contributed by atoms with E-state index in [9.17, 15) is 19.2 Å². The molecule has 0 fully saturated rings. The molecule has 0 saturated heterocycles. The van der Waals surface area contributed by atoms with E-state index in [-0.39, 0.29) is 24.7 Å². The van der Waals surface area contributed by atoms with Crippen molar-refractivity contribution in [3.05, 3.63) is 0 Å². The topological polar surface area (TPSA) is 185 Å². The van der Waals surface area contributed by atoms with E-state index in [0.717, 1.165) is 0 Å². The zero-order valence-corrected chi connectivity index (χ0v) is 16.3. The van der Waals surface area contributed by atoms with Gasteiger partial charge < -0.3 is 32.3 Å². The molecule has 0 aliphatic carbocycles. The summed E-state index contributed by atoms with van der Waals surface area (Å²) >= 11 is 0. The van der Waals surface area contributed by atoms with Crippen molar-refractivity contribution in [2.45, 2.75) is 71.1 Å². The van der Waals surface area contributed by atoms with E-state index in [4.69, 9.17) is 21.7 Å². The molecule has 0 unspecified atom stereocenters. The Hall–Kier alpha value is -2.20. The van der Waals surface area contributed by atoms with Crippen LogP contribution in [0, 0.1) is 11.8 Å². The van der Waals surface area contributed by atoms with Gasteiger partial charge in [-0.2, -0.15) is 0 Å². The molecule has 0 aromatic rings. The fourth-order valence-corrected chi connectivity index (χ4v) is 2.37. The number of carbonyl (C=O) groups is 4. The molecule has 0 aliphatic heterocycles. The molecule has 2 amide bonds. The SMILES string of the molecule is CC(C)[C@H](NC(=O)[C@H](N)CCC[C@@H](N)C(=O)N[C@H](C(=O)O)C(C)C)C(=O)O. The Kier molecular flexibility index (Phi) is 10.6. The minimum absolute atomic E-state index is 0.212. The lowest BCUT2D eigenvalue weighted by Crippen LogP contribution is -2.51. The fraction of sp³-hybridized carbons (Fsp3) is 0.765. The minimum atomic E-state index is -1.14. The third-order valence-electron chi connectivity index (χ3n) is 4.16. The smallest absolute Gasteiger partial charge is 0.326 e. The maximum Gasteiger partial charge on any atom is 0.326 e. The lowest BCUT2D eigenvalue weighted by atomic mass is 10.0. The van der Waals surface area contributed by atoms with Crippen molar-refractivity contribution in [2.24, 2.45) is 23.3 Å². The Morgan fingerprint density at radius 3 is 1.26 bits per heavy atom. The molecule has 0 rings (SSSR count). The number of rotatable bonds is 12. The van der Waals surface area contributed by atoms with Crippen molar-refractivity contribution in [3.63, 3.8) is 0 Å². The number of amides is 2. The second-order valence-electron chi connectivity index (χ2n) is 7.28. The molecule has 0 bridgehead atoms. The first-order chi connectivity index (χ1) is 12.4. The number of carboxylic acids is 2. The van der Waals surface area contributed by atoms with Crippen molar-refractivity contribution in [2.75, 3.05) is 0 Å². The monoisotopic (exact) mass is 388 g/mol. The Morgan fingerprint density at radius 2 is 1.04 bits per heavy atom. The summed E-state index contributed by atoms with van der Waals surface area (Å²) in [5.41, 5.74) is 11.5. The van der Waals surface area contributed by atoms with Crippen molar-refractivity contribution in [3.8, 4) is 0 Å². The van der Waals surface area contributed by atoms with E-state index in [1.165, 1.54) is 0 Å². The molecule has 4 atom stereocenters. The number of hydrogen-bond acceptors (Lipinski definition) is 6. The third kappa shape index (κ3) is 8.83. The van der Waals surface area contributed by atoms with Crippen LogP contribution in [0.25, 0.3) is 0 Å². The van der Waals surface area contributed by atoms with Gasteiger partial charge >= 0.3 is 11.9 Å². The van der Waals surface area contributed by atoms with Crippen LogP contribution < -0.4 is 22.1 Å². The first kappa shape index (κ1) is 24.8. The summed E-state index contributed by atoms with van der Waals surface area (Å²) in [6.45, 7) is 6.68. The Labute approximate surface area is 159 Å². The molecule has 0 aromatic heterocycles. The largest absolute Gasteiger partial charge is 0.480 e. The molecule has 8 N–H and O–H groups in total. The van der Waals surface area contributed by atoms with Crippen LogP contribution in [0.15, 0.2) is 0 Å². The van der Waals surface area contributed by atoms with Crippen molar-refractivity contribution in [1.29, 1.82) is 0 Å². The Morgan fingerprint density at radius 1 is 0.741 bits per heavy atom. The lowest BCUT2D eigenvalue weighted by molar-refractivity contribution is -0.143. The maximum absolute atomic E-state index is 12.0. The van der Waals surface area contributed by atoms with Gasteiger partial charge in [-0.15, -0.1) is 0 Å². The van der Waals surface area contributed by atoms with E-state index in [2.05, 4.69) is 10.6 Å². The number of carbonyl (C=O) groups excluding carboxylic acids is 2. The molecular formula is C17H32N4O6. The Bertz CT molecular complexity index is 492. The molecule has 10 nitrogen and oxygen atoms in total. The van der Waals surface area contributed by atoms with Gasteiger partial charge in [0.2, 0.25) is 11.8 Å². The van der Waals surface area contributed by atoms with Crippen LogP contribution in [-0.2, 0) is 19.2 Å². The molecule has 0 aromatic carbocycles. The van der Waals surface area contributed by atoms with Gasteiger partial charge in [0.1, 0.15) is 12.1 Å². The minimum Gasteiger partial charge on any atom is -0.480 e. The average Bonchev–Trinajstić information content (AvgIpc) is 2.55. The van der Waals surface area contributed by atoms with Crippen LogP contribution in [0.4, 0.5) is 0 Å². The molecule has 0 radical (unpaired) electrons. The highest BCUT2D eigenvalue weighted by molar-refractivity contribution is 5.87. The maximum atomic E-state index is 12.0. The van der Waals surface area contributed by atoms with Gasteiger partial charge in [0.15, 0.2) is 0 Å². The standard InChI is InChI=1S/C17H32N4O6/c1-8(2)12(16(24)25)20-14(22)10(18)6-5-7-11(19)15(23)21-13(9(3)4)17(26)27/h8-13H,5-7,18-19H2,1-4H3,(H,20,22)(H,21,23)(H,24,25)(H,26,27)/t10-,11-,12+,13+/m1/s1. The van der Waals surface area contributed by atoms with Gasteiger partial charge in [-0.1, -0.05) is 27.7 Å². The number of carboxylic acid groups (broad SMARTS) is 2. The van der Waals surface area contributed by atoms with Crippen LogP contribution in [0.5, 0.6) is 0 Å². The van der Waals surface area contributed by atoms with Crippen LogP contribution in [-0.4, -0.2) is 58.1 Å². The summed E-state index contributed by atoms with van der Waals surface area (Å²) in [4.78, 5) is 46.2. The molecular weight excluding hydrogens is 356 g/mol. The summed E-state index contributed by atoms with van der Waals surface area (Å²) in [6, 6.07) is -3.91. The van der Waals surface area contributed by atoms with Gasteiger partial charge in [-0.25, -0.2) is 9.59 Å². The molecule has 27 heavy (non-hydrogen) atoms. The highest BCUT2D eigenvalue weighted by Crippen LogP contribution is 2.07. The lowest BCUT2D eigenvalue weighted by Gasteiger charge is -2.21. The Balaban J connectivity index is 4.44. The van der Waals surface area contributed by atoms with Crippen LogP contribution >= 0.6 is 0 Å². The normalized spacial score (nSPS) is 15.7. The van der Waals surface area contributed by atoms with E-state index in [1.54, 1.807) is 27.7 Å². The predicted molar refractivity (Wildman–Crippen MR) is 98.6 cm³/mol. The van der Waals surface area contributed by atoms with Gasteiger partial charge in [0.25, 0.3) is 0 Å². The first-order valence-electron chi connectivity index (χ1n) is 8.95. The van der Waals surface area contributed by atoms with Gasteiger partial charge in [0.05, 0.1) is 12.1 Å². The summed E-state index contributed by atoms with van der Waals surface area (Å²) in [7, 11) is 0. The van der Waals surface area contributed by atoms with E-state index in [1.807, 2.05) is 0 Å².